The van der Waals surface area contributed by atoms with Crippen molar-refractivity contribution in [3.63, 3.8) is 0 Å². The van der Waals surface area contributed by atoms with E-state index in [0.29, 0.717) is 16.8 Å². The number of hydrogen-bond donors (Lipinski definition) is 2. The van der Waals surface area contributed by atoms with Gasteiger partial charge in [0.15, 0.2) is 11.6 Å². The second-order valence-electron chi connectivity index (χ2n) is 6.87. The van der Waals surface area contributed by atoms with Crippen molar-refractivity contribution in [2.24, 2.45) is 0 Å². The number of phenolic OH excluding ortho intramolecular Hbond substituents is 1. The van der Waals surface area contributed by atoms with E-state index in [4.69, 9.17) is 11.6 Å². The van der Waals surface area contributed by atoms with Crippen LogP contribution in [0.4, 0.5) is 14.5 Å². The molecule has 0 spiro atoms. The summed E-state index contributed by atoms with van der Waals surface area (Å²) in [6.07, 6.45) is 0. The number of nitrogens with zero attached hydrogens (tertiary/aromatic N) is 1. The van der Waals surface area contributed by atoms with Crippen LogP contribution in [0.25, 0.3) is 0 Å². The Hall–Kier alpha value is -3.43. The molecule has 0 aliphatic carbocycles. The minimum Gasteiger partial charge on any atom is -0.504 e. The molecule has 0 aliphatic rings. The van der Waals surface area contributed by atoms with Gasteiger partial charge < -0.3 is 10.4 Å². The van der Waals surface area contributed by atoms with Crippen molar-refractivity contribution < 1.29 is 18.7 Å². The summed E-state index contributed by atoms with van der Waals surface area (Å²) >= 11 is 6.40. The third-order valence-electron chi connectivity index (χ3n) is 4.76. The van der Waals surface area contributed by atoms with Gasteiger partial charge in [-0.2, -0.15) is 9.65 Å². The molecule has 3 aromatic carbocycles. The van der Waals surface area contributed by atoms with Crippen molar-refractivity contribution in [2.45, 2.75) is 19.8 Å². The van der Waals surface area contributed by atoms with E-state index in [1.54, 1.807) is 13.0 Å². The van der Waals surface area contributed by atoms with Gasteiger partial charge in [-0.05, 0) is 48.7 Å². The van der Waals surface area contributed by atoms with Crippen LogP contribution in [-0.4, -0.2) is 11.0 Å². The molecule has 0 aliphatic heterocycles. The van der Waals surface area contributed by atoms with Crippen molar-refractivity contribution in [2.75, 3.05) is 5.32 Å². The zero-order chi connectivity index (χ0) is 22.0. The van der Waals surface area contributed by atoms with Crippen LogP contribution in [-0.2, 0) is 0 Å². The van der Waals surface area contributed by atoms with Gasteiger partial charge in [0.1, 0.15) is 0 Å². The molecule has 30 heavy (non-hydrogen) atoms. The summed E-state index contributed by atoms with van der Waals surface area (Å²) in [5, 5.41) is 22.2. The minimum absolute atomic E-state index is 0.262. The molecule has 0 bridgehead atoms. The fourth-order valence-electron chi connectivity index (χ4n) is 3.06. The topological polar surface area (TPSA) is 73.1 Å². The minimum atomic E-state index is -1.50. The third kappa shape index (κ3) is 4.12. The van der Waals surface area contributed by atoms with Crippen LogP contribution < -0.4 is 5.32 Å². The highest BCUT2D eigenvalue weighted by Gasteiger charge is 2.21. The van der Waals surface area contributed by atoms with Crippen molar-refractivity contribution in [3.8, 4) is 11.8 Å². The van der Waals surface area contributed by atoms with E-state index in [0.717, 1.165) is 23.3 Å². The number of anilines is 1. The fraction of sp³-hybridized carbons (Fsp3) is 0.130. The van der Waals surface area contributed by atoms with Crippen LogP contribution in [0.15, 0.2) is 48.5 Å². The summed E-state index contributed by atoms with van der Waals surface area (Å²) in [5.41, 5.74) is 2.94. The van der Waals surface area contributed by atoms with E-state index in [9.17, 15) is 23.9 Å². The van der Waals surface area contributed by atoms with Gasteiger partial charge in [-0.15, -0.1) is 0 Å². The lowest BCUT2D eigenvalue weighted by Crippen LogP contribution is -2.14. The van der Waals surface area contributed by atoms with Crippen molar-refractivity contribution in [1.82, 2.24) is 0 Å². The largest absolute Gasteiger partial charge is 0.504 e. The molecular formula is C23H17ClF2N2O2. The molecule has 3 aromatic rings. The molecule has 0 aromatic heterocycles. The molecule has 152 valence electrons. The van der Waals surface area contributed by atoms with Gasteiger partial charge in [-0.25, -0.2) is 4.39 Å². The molecule has 0 radical (unpaired) electrons. The highest BCUT2D eigenvalue weighted by molar-refractivity contribution is 6.32. The summed E-state index contributed by atoms with van der Waals surface area (Å²) < 4.78 is 26.7. The van der Waals surface area contributed by atoms with Crippen LogP contribution in [0.2, 0.25) is 5.02 Å². The first-order valence-corrected chi connectivity index (χ1v) is 9.35. The van der Waals surface area contributed by atoms with Gasteiger partial charge in [0, 0.05) is 10.7 Å². The van der Waals surface area contributed by atoms with E-state index in [1.807, 2.05) is 31.2 Å². The zero-order valence-corrected chi connectivity index (χ0v) is 16.9. The maximum absolute atomic E-state index is 13.5. The maximum atomic E-state index is 13.5. The van der Waals surface area contributed by atoms with Crippen molar-refractivity contribution in [1.29, 1.82) is 5.26 Å². The Morgan fingerprint density at radius 3 is 2.43 bits per heavy atom. The van der Waals surface area contributed by atoms with Gasteiger partial charge in [0.25, 0.3) is 5.91 Å². The van der Waals surface area contributed by atoms with Gasteiger partial charge >= 0.3 is 0 Å². The number of halogens is 3. The third-order valence-corrected chi connectivity index (χ3v) is 5.08. The number of aryl methyl sites for hydroxylation is 2. The molecule has 3 rings (SSSR count). The predicted molar refractivity (Wildman–Crippen MR) is 111 cm³/mol. The predicted octanol–water partition coefficient (Wildman–Crippen LogP) is 5.85. The number of benzene rings is 3. The lowest BCUT2D eigenvalue weighted by Gasteiger charge is -2.16. The Kier molecular flexibility index (Phi) is 6.04. The molecule has 1 amide bonds. The Balaban J connectivity index is 1.93. The van der Waals surface area contributed by atoms with Crippen LogP contribution in [0.1, 0.15) is 38.5 Å². The monoisotopic (exact) mass is 426 g/mol. The van der Waals surface area contributed by atoms with E-state index in [1.165, 1.54) is 6.07 Å². The molecule has 0 heterocycles. The standard InChI is InChI=1S/C23H17ClF2N2O2/c1-12-3-5-14(6-4-12)17(11-27)16-9-13(2)20(10-18(16)24)28-23(30)15-7-8-19(25)21(26)22(15)29/h3-10,17,29H,1-2H3,(H,28,30). The second-order valence-corrected chi connectivity index (χ2v) is 7.28. The number of hydrogen-bond acceptors (Lipinski definition) is 3. The molecule has 1 unspecified atom stereocenters. The van der Waals surface area contributed by atoms with Crippen LogP contribution in [0, 0.1) is 36.8 Å². The van der Waals surface area contributed by atoms with E-state index in [2.05, 4.69) is 11.4 Å². The van der Waals surface area contributed by atoms with Crippen molar-refractivity contribution >= 4 is 23.2 Å². The van der Waals surface area contributed by atoms with E-state index >= 15 is 0 Å². The zero-order valence-electron chi connectivity index (χ0n) is 16.1. The number of carbonyl (C=O) groups excluding carboxylic acids is 1. The smallest absolute Gasteiger partial charge is 0.259 e. The molecule has 0 saturated carbocycles. The van der Waals surface area contributed by atoms with E-state index < -0.39 is 34.8 Å². The first-order valence-electron chi connectivity index (χ1n) is 8.97. The number of amides is 1. The number of aromatic hydroxyl groups is 1. The maximum Gasteiger partial charge on any atom is 0.259 e. The Bertz CT molecular complexity index is 1170. The van der Waals surface area contributed by atoms with Gasteiger partial charge in [0.2, 0.25) is 5.82 Å². The molecule has 4 nitrogen and oxygen atoms in total. The van der Waals surface area contributed by atoms with Crippen LogP contribution in [0.3, 0.4) is 0 Å². The fourth-order valence-corrected chi connectivity index (χ4v) is 3.33. The first kappa shape index (κ1) is 21.3. The van der Waals surface area contributed by atoms with Gasteiger partial charge in [-0.1, -0.05) is 47.5 Å². The number of phenols is 1. The highest BCUT2D eigenvalue weighted by atomic mass is 35.5. The lowest BCUT2D eigenvalue weighted by atomic mass is 9.90. The average molecular weight is 427 g/mol. The van der Waals surface area contributed by atoms with Gasteiger partial charge in [-0.3, -0.25) is 4.79 Å². The van der Waals surface area contributed by atoms with Crippen LogP contribution in [0.5, 0.6) is 5.75 Å². The van der Waals surface area contributed by atoms with Gasteiger partial charge in [0.05, 0.1) is 17.6 Å². The summed E-state index contributed by atoms with van der Waals surface area (Å²) in [6, 6.07) is 14.7. The normalized spacial score (nSPS) is 11.6. The average Bonchev–Trinajstić information content (AvgIpc) is 2.71. The quantitative estimate of drug-likeness (QED) is 0.549. The molecular weight excluding hydrogens is 410 g/mol. The summed E-state index contributed by atoms with van der Waals surface area (Å²) in [4.78, 5) is 12.4. The Morgan fingerprint density at radius 1 is 1.13 bits per heavy atom. The van der Waals surface area contributed by atoms with Crippen LogP contribution >= 0.6 is 11.6 Å². The lowest BCUT2D eigenvalue weighted by molar-refractivity contribution is 0.102. The number of nitrogens with one attached hydrogen (secondary N) is 1. The molecule has 0 fully saturated rings. The van der Waals surface area contributed by atoms with E-state index in [-0.39, 0.29) is 5.02 Å². The summed E-state index contributed by atoms with van der Waals surface area (Å²) in [7, 11) is 0. The highest BCUT2D eigenvalue weighted by Crippen LogP contribution is 2.34. The number of rotatable bonds is 4. The van der Waals surface area contributed by atoms with Crippen molar-refractivity contribution in [3.05, 3.63) is 93.0 Å². The summed E-state index contributed by atoms with van der Waals surface area (Å²) in [6.45, 7) is 3.66. The second kappa shape index (κ2) is 8.52. The summed E-state index contributed by atoms with van der Waals surface area (Å²) in [5.74, 6) is -5.25. The first-order chi connectivity index (χ1) is 14.2. The molecule has 2 N–H and O–H groups in total. The number of nitriles is 1. The molecule has 7 heteroatoms. The SMILES string of the molecule is Cc1ccc(C(C#N)c2cc(C)c(NC(=O)c3ccc(F)c(F)c3O)cc2Cl)cc1. The Labute approximate surface area is 177 Å². The number of carbonyl (C=O) groups is 1. The molecule has 1 atom stereocenters. The molecule has 0 saturated heterocycles. The Morgan fingerprint density at radius 2 is 1.80 bits per heavy atom.